The highest BCUT2D eigenvalue weighted by molar-refractivity contribution is 5.93. The molecule has 0 atom stereocenters. The molecule has 1 fully saturated rings. The van der Waals surface area contributed by atoms with Crippen molar-refractivity contribution in [3.8, 4) is 0 Å². The number of rotatable bonds is 5. The number of aromatic nitrogens is 1. The molecular weight excluding hydrogens is 302 g/mol. The molecule has 24 heavy (non-hydrogen) atoms. The molecule has 1 aromatic carbocycles. The van der Waals surface area contributed by atoms with Gasteiger partial charge in [0.05, 0.1) is 0 Å². The van der Waals surface area contributed by atoms with Gasteiger partial charge in [-0.1, -0.05) is 31.2 Å². The Hall–Kier alpha value is -2.40. The Morgan fingerprint density at radius 1 is 1.08 bits per heavy atom. The Labute approximate surface area is 142 Å². The molecule has 0 amide bonds. The van der Waals surface area contributed by atoms with E-state index in [1.165, 1.54) is 11.1 Å². The number of benzene rings is 1. The van der Waals surface area contributed by atoms with Crippen LogP contribution in [0.25, 0.3) is 0 Å². The fraction of sp³-hybridized carbons (Fsp3) is 0.368. The van der Waals surface area contributed by atoms with Crippen LogP contribution >= 0.6 is 0 Å². The van der Waals surface area contributed by atoms with Gasteiger partial charge < -0.3 is 10.0 Å². The lowest BCUT2D eigenvalue weighted by Gasteiger charge is -2.35. The van der Waals surface area contributed by atoms with Crippen molar-refractivity contribution >= 4 is 11.8 Å². The second kappa shape index (κ2) is 7.45. The number of carboxylic acid groups (broad SMARTS) is 1. The summed E-state index contributed by atoms with van der Waals surface area (Å²) in [5, 5.41) is 9.31. The number of carboxylic acids is 1. The van der Waals surface area contributed by atoms with E-state index >= 15 is 0 Å². The van der Waals surface area contributed by atoms with Crippen LogP contribution in [-0.2, 0) is 13.0 Å². The van der Waals surface area contributed by atoms with E-state index in [4.69, 9.17) is 0 Å². The summed E-state index contributed by atoms with van der Waals surface area (Å²) in [5.41, 5.74) is 2.96. The Kier molecular flexibility index (Phi) is 5.11. The Balaban J connectivity index is 1.60. The largest absolute Gasteiger partial charge is 0.478 e. The van der Waals surface area contributed by atoms with Crippen LogP contribution in [0.2, 0.25) is 0 Å². The van der Waals surface area contributed by atoms with Crippen molar-refractivity contribution in [1.82, 2.24) is 9.88 Å². The number of aryl methyl sites for hydroxylation is 1. The van der Waals surface area contributed by atoms with Gasteiger partial charge in [0.25, 0.3) is 0 Å². The molecule has 3 rings (SSSR count). The molecule has 0 spiro atoms. The molecule has 1 aliphatic heterocycles. The zero-order valence-electron chi connectivity index (χ0n) is 14.0. The topological polar surface area (TPSA) is 56.7 Å². The highest BCUT2D eigenvalue weighted by Gasteiger charge is 2.22. The van der Waals surface area contributed by atoms with Crippen molar-refractivity contribution in [2.45, 2.75) is 19.9 Å². The van der Waals surface area contributed by atoms with E-state index in [0.717, 1.165) is 39.1 Å². The summed E-state index contributed by atoms with van der Waals surface area (Å²) in [6.07, 6.45) is 2.72. The minimum Gasteiger partial charge on any atom is -0.478 e. The third-order valence-electron chi connectivity index (χ3n) is 4.53. The molecule has 1 saturated heterocycles. The Bertz CT molecular complexity index is 692. The van der Waals surface area contributed by atoms with E-state index in [-0.39, 0.29) is 5.56 Å². The van der Waals surface area contributed by atoms with Crippen LogP contribution in [-0.4, -0.2) is 47.1 Å². The standard InChI is InChI=1S/C19H23N3O2/c1-2-15-5-7-16(8-6-15)14-21-10-12-22(13-11-21)18-17(19(23)24)4-3-9-20-18/h3-9H,2,10-14H2,1H3,(H,23,24). The van der Waals surface area contributed by atoms with Crippen molar-refractivity contribution in [3.63, 3.8) is 0 Å². The lowest BCUT2D eigenvalue weighted by molar-refractivity contribution is 0.0697. The maximum Gasteiger partial charge on any atom is 0.339 e. The molecule has 1 N–H and O–H groups in total. The number of aromatic carboxylic acids is 1. The quantitative estimate of drug-likeness (QED) is 0.916. The first-order chi connectivity index (χ1) is 11.7. The average Bonchev–Trinajstić information content (AvgIpc) is 2.63. The monoisotopic (exact) mass is 325 g/mol. The van der Waals surface area contributed by atoms with E-state index < -0.39 is 5.97 Å². The summed E-state index contributed by atoms with van der Waals surface area (Å²) in [5.74, 6) is -0.339. The summed E-state index contributed by atoms with van der Waals surface area (Å²) in [7, 11) is 0. The van der Waals surface area contributed by atoms with E-state index in [0.29, 0.717) is 5.82 Å². The second-order valence-corrected chi connectivity index (χ2v) is 6.11. The fourth-order valence-corrected chi connectivity index (χ4v) is 3.07. The van der Waals surface area contributed by atoms with Gasteiger partial charge in [0.2, 0.25) is 0 Å². The number of pyridine rings is 1. The smallest absolute Gasteiger partial charge is 0.339 e. The average molecular weight is 325 g/mol. The van der Waals surface area contributed by atoms with Crippen molar-refractivity contribution in [2.24, 2.45) is 0 Å². The van der Waals surface area contributed by atoms with Crippen LogP contribution in [0.1, 0.15) is 28.4 Å². The van der Waals surface area contributed by atoms with Gasteiger partial charge in [-0.3, -0.25) is 4.90 Å². The molecule has 1 aromatic heterocycles. The molecule has 5 nitrogen and oxygen atoms in total. The van der Waals surface area contributed by atoms with Gasteiger partial charge in [-0.25, -0.2) is 9.78 Å². The minimum absolute atomic E-state index is 0.279. The lowest BCUT2D eigenvalue weighted by atomic mass is 10.1. The van der Waals surface area contributed by atoms with Gasteiger partial charge in [0.1, 0.15) is 11.4 Å². The van der Waals surface area contributed by atoms with Gasteiger partial charge in [-0.05, 0) is 29.7 Å². The number of anilines is 1. The van der Waals surface area contributed by atoms with Crippen molar-refractivity contribution in [3.05, 3.63) is 59.3 Å². The number of piperazine rings is 1. The summed E-state index contributed by atoms with van der Waals surface area (Å²) in [6.45, 7) is 6.51. The SMILES string of the molecule is CCc1ccc(CN2CCN(c3ncccc3C(=O)O)CC2)cc1. The molecule has 2 heterocycles. The molecule has 5 heteroatoms. The number of nitrogens with zero attached hydrogens (tertiary/aromatic N) is 3. The van der Waals surface area contributed by atoms with Gasteiger partial charge >= 0.3 is 5.97 Å². The molecule has 2 aromatic rings. The molecule has 126 valence electrons. The molecular formula is C19H23N3O2. The summed E-state index contributed by atoms with van der Waals surface area (Å²) >= 11 is 0. The Morgan fingerprint density at radius 3 is 2.38 bits per heavy atom. The van der Waals surface area contributed by atoms with Crippen LogP contribution < -0.4 is 4.90 Å². The van der Waals surface area contributed by atoms with Crippen molar-refractivity contribution in [2.75, 3.05) is 31.1 Å². The molecule has 0 radical (unpaired) electrons. The normalized spacial score (nSPS) is 15.5. The van der Waals surface area contributed by atoms with Crippen molar-refractivity contribution < 1.29 is 9.90 Å². The van der Waals surface area contributed by atoms with E-state index in [1.807, 2.05) is 0 Å². The first kappa shape index (κ1) is 16.5. The van der Waals surface area contributed by atoms with E-state index in [1.54, 1.807) is 18.3 Å². The maximum atomic E-state index is 11.3. The second-order valence-electron chi connectivity index (χ2n) is 6.11. The first-order valence-electron chi connectivity index (χ1n) is 8.41. The molecule has 0 aliphatic carbocycles. The number of carbonyl (C=O) groups is 1. The van der Waals surface area contributed by atoms with Crippen molar-refractivity contribution in [1.29, 1.82) is 0 Å². The Morgan fingerprint density at radius 2 is 1.75 bits per heavy atom. The van der Waals surface area contributed by atoms with Gasteiger partial charge in [-0.2, -0.15) is 0 Å². The van der Waals surface area contributed by atoms with Crippen LogP contribution in [0.4, 0.5) is 5.82 Å². The minimum atomic E-state index is -0.920. The molecule has 0 saturated carbocycles. The first-order valence-corrected chi connectivity index (χ1v) is 8.41. The zero-order valence-corrected chi connectivity index (χ0v) is 14.0. The van der Waals surface area contributed by atoms with E-state index in [2.05, 4.69) is 46.0 Å². The molecule has 1 aliphatic rings. The van der Waals surface area contributed by atoms with Gasteiger partial charge in [0, 0.05) is 38.9 Å². The molecule has 0 unspecified atom stereocenters. The fourth-order valence-electron chi connectivity index (χ4n) is 3.07. The highest BCUT2D eigenvalue weighted by Crippen LogP contribution is 2.19. The van der Waals surface area contributed by atoms with Crippen LogP contribution in [0, 0.1) is 0 Å². The summed E-state index contributed by atoms with van der Waals surface area (Å²) in [6, 6.07) is 12.1. The van der Waals surface area contributed by atoms with Gasteiger partial charge in [0.15, 0.2) is 0 Å². The number of hydrogen-bond acceptors (Lipinski definition) is 4. The van der Waals surface area contributed by atoms with Crippen LogP contribution in [0.5, 0.6) is 0 Å². The van der Waals surface area contributed by atoms with Crippen LogP contribution in [0.15, 0.2) is 42.6 Å². The highest BCUT2D eigenvalue weighted by atomic mass is 16.4. The molecule has 0 bridgehead atoms. The number of hydrogen-bond donors (Lipinski definition) is 1. The van der Waals surface area contributed by atoms with Crippen LogP contribution in [0.3, 0.4) is 0 Å². The predicted molar refractivity (Wildman–Crippen MR) is 94.5 cm³/mol. The summed E-state index contributed by atoms with van der Waals surface area (Å²) in [4.78, 5) is 20.1. The van der Waals surface area contributed by atoms with E-state index in [9.17, 15) is 9.90 Å². The third-order valence-corrected chi connectivity index (χ3v) is 4.53. The maximum absolute atomic E-state index is 11.3. The third kappa shape index (κ3) is 3.74. The lowest BCUT2D eigenvalue weighted by Crippen LogP contribution is -2.46. The van der Waals surface area contributed by atoms with Gasteiger partial charge in [-0.15, -0.1) is 0 Å². The predicted octanol–water partition coefficient (Wildman–Crippen LogP) is 2.66. The zero-order chi connectivity index (χ0) is 16.9. The summed E-state index contributed by atoms with van der Waals surface area (Å²) < 4.78 is 0.